The maximum absolute atomic E-state index is 6.23. The number of rotatable bonds is 6. The highest BCUT2D eigenvalue weighted by Gasteiger charge is 2.12. The second kappa shape index (κ2) is 6.73. The Bertz CT molecular complexity index is 506. The zero-order valence-electron chi connectivity index (χ0n) is 11.4. The molecule has 1 aromatic carbocycles. The van der Waals surface area contributed by atoms with E-state index in [1.54, 1.807) is 18.0 Å². The molecule has 0 aliphatic heterocycles. The molecule has 0 bridgehead atoms. The van der Waals surface area contributed by atoms with E-state index in [9.17, 15) is 0 Å². The molecular formula is C14H20N4S. The van der Waals surface area contributed by atoms with Crippen LogP contribution in [0.1, 0.15) is 30.6 Å². The van der Waals surface area contributed by atoms with Crippen molar-refractivity contribution in [1.29, 1.82) is 0 Å². The van der Waals surface area contributed by atoms with Crippen molar-refractivity contribution >= 4 is 11.8 Å². The maximum atomic E-state index is 6.23. The van der Waals surface area contributed by atoms with E-state index in [0.29, 0.717) is 0 Å². The molecule has 1 atom stereocenters. The third-order valence-electron chi connectivity index (χ3n) is 2.91. The minimum absolute atomic E-state index is 0.0344. The lowest BCUT2D eigenvalue weighted by atomic mass is 10.2. The third-order valence-corrected chi connectivity index (χ3v) is 4.04. The average molecular weight is 276 g/mol. The van der Waals surface area contributed by atoms with Crippen molar-refractivity contribution in [2.24, 2.45) is 5.73 Å². The summed E-state index contributed by atoms with van der Waals surface area (Å²) in [7, 11) is 0. The second-order valence-electron chi connectivity index (χ2n) is 4.61. The second-order valence-corrected chi connectivity index (χ2v) is 5.71. The first-order valence-corrected chi connectivity index (χ1v) is 7.52. The topological polar surface area (TPSA) is 56.7 Å². The van der Waals surface area contributed by atoms with Crippen molar-refractivity contribution in [3.63, 3.8) is 0 Å². The standard InChI is InChI=1S/C14H20N4S/c1-3-8-18-14(9-16-17-18)13(15)10-19-12-6-4-11(2)5-7-12/h4-7,9,13H,3,8,10,15H2,1-2H3. The van der Waals surface area contributed by atoms with E-state index < -0.39 is 0 Å². The van der Waals surface area contributed by atoms with Gasteiger partial charge in [-0.05, 0) is 25.5 Å². The molecule has 0 saturated carbocycles. The zero-order valence-corrected chi connectivity index (χ0v) is 12.2. The molecule has 0 amide bonds. The minimum atomic E-state index is -0.0344. The summed E-state index contributed by atoms with van der Waals surface area (Å²) in [5.41, 5.74) is 8.52. The van der Waals surface area contributed by atoms with Crippen molar-refractivity contribution in [3.8, 4) is 0 Å². The van der Waals surface area contributed by atoms with Crippen LogP contribution in [0.15, 0.2) is 35.4 Å². The molecule has 1 aromatic heterocycles. The number of hydrogen-bond acceptors (Lipinski definition) is 4. The highest BCUT2D eigenvalue weighted by atomic mass is 32.2. The Morgan fingerprint density at radius 2 is 2.05 bits per heavy atom. The highest BCUT2D eigenvalue weighted by molar-refractivity contribution is 7.99. The van der Waals surface area contributed by atoms with E-state index >= 15 is 0 Å². The van der Waals surface area contributed by atoms with Crippen molar-refractivity contribution < 1.29 is 0 Å². The smallest absolute Gasteiger partial charge is 0.0762 e. The number of nitrogens with two attached hydrogens (primary N) is 1. The molecule has 0 aliphatic rings. The van der Waals surface area contributed by atoms with Gasteiger partial charge >= 0.3 is 0 Å². The fourth-order valence-electron chi connectivity index (χ4n) is 1.84. The van der Waals surface area contributed by atoms with Gasteiger partial charge in [-0.3, -0.25) is 0 Å². The van der Waals surface area contributed by atoms with Crippen LogP contribution in [0.2, 0.25) is 0 Å². The molecule has 102 valence electrons. The predicted molar refractivity (Wildman–Crippen MR) is 79.1 cm³/mol. The van der Waals surface area contributed by atoms with Crippen LogP contribution in [0.5, 0.6) is 0 Å². The summed E-state index contributed by atoms with van der Waals surface area (Å²) in [4.78, 5) is 1.25. The SMILES string of the molecule is CCCn1nncc1C(N)CSc1ccc(C)cc1. The number of aryl methyl sites for hydroxylation is 2. The Hall–Kier alpha value is -1.33. The van der Waals surface area contributed by atoms with Crippen LogP contribution in [0.3, 0.4) is 0 Å². The Morgan fingerprint density at radius 1 is 1.32 bits per heavy atom. The average Bonchev–Trinajstić information content (AvgIpc) is 2.86. The van der Waals surface area contributed by atoms with Crippen LogP contribution < -0.4 is 5.73 Å². The van der Waals surface area contributed by atoms with Gasteiger partial charge in [-0.2, -0.15) is 0 Å². The van der Waals surface area contributed by atoms with E-state index in [2.05, 4.69) is 48.4 Å². The summed E-state index contributed by atoms with van der Waals surface area (Å²) in [6, 6.07) is 8.48. The van der Waals surface area contributed by atoms with Gasteiger partial charge in [-0.1, -0.05) is 29.8 Å². The first-order chi connectivity index (χ1) is 9.20. The van der Waals surface area contributed by atoms with Crippen molar-refractivity contribution in [3.05, 3.63) is 41.7 Å². The molecule has 1 unspecified atom stereocenters. The molecule has 0 aliphatic carbocycles. The predicted octanol–water partition coefficient (Wildman–Crippen LogP) is 2.79. The molecule has 0 radical (unpaired) electrons. The van der Waals surface area contributed by atoms with Crippen LogP contribution in [-0.2, 0) is 6.54 Å². The molecule has 2 aromatic rings. The fraction of sp³-hybridized carbons (Fsp3) is 0.429. The molecule has 1 heterocycles. The van der Waals surface area contributed by atoms with Gasteiger partial charge in [0.25, 0.3) is 0 Å². The monoisotopic (exact) mass is 276 g/mol. The summed E-state index contributed by atoms with van der Waals surface area (Å²) >= 11 is 1.77. The van der Waals surface area contributed by atoms with Gasteiger partial charge in [0.15, 0.2) is 0 Å². The van der Waals surface area contributed by atoms with E-state index in [1.807, 2.05) is 4.68 Å². The quantitative estimate of drug-likeness (QED) is 0.824. The van der Waals surface area contributed by atoms with E-state index in [4.69, 9.17) is 5.73 Å². The Morgan fingerprint density at radius 3 is 2.74 bits per heavy atom. The minimum Gasteiger partial charge on any atom is -0.322 e. The molecule has 2 rings (SSSR count). The lowest BCUT2D eigenvalue weighted by molar-refractivity contribution is 0.539. The van der Waals surface area contributed by atoms with Gasteiger partial charge in [0.2, 0.25) is 0 Å². The molecule has 0 spiro atoms. The molecule has 2 N–H and O–H groups in total. The molecular weight excluding hydrogens is 256 g/mol. The Labute approximate surface area is 118 Å². The van der Waals surface area contributed by atoms with E-state index in [1.165, 1.54) is 10.5 Å². The van der Waals surface area contributed by atoms with Gasteiger partial charge in [0, 0.05) is 17.2 Å². The van der Waals surface area contributed by atoms with Crippen LogP contribution in [0.25, 0.3) is 0 Å². The van der Waals surface area contributed by atoms with Crippen molar-refractivity contribution in [1.82, 2.24) is 15.0 Å². The zero-order chi connectivity index (χ0) is 13.7. The number of aromatic nitrogens is 3. The van der Waals surface area contributed by atoms with Crippen LogP contribution in [-0.4, -0.2) is 20.7 Å². The lowest BCUT2D eigenvalue weighted by Gasteiger charge is -2.12. The normalized spacial score (nSPS) is 12.6. The summed E-state index contributed by atoms with van der Waals surface area (Å²) in [5, 5.41) is 8.02. The summed E-state index contributed by atoms with van der Waals surface area (Å²) < 4.78 is 1.90. The van der Waals surface area contributed by atoms with Crippen LogP contribution in [0, 0.1) is 6.92 Å². The van der Waals surface area contributed by atoms with Crippen LogP contribution in [0.4, 0.5) is 0 Å². The fourth-order valence-corrected chi connectivity index (χ4v) is 2.72. The van der Waals surface area contributed by atoms with Crippen molar-refractivity contribution in [2.75, 3.05) is 5.75 Å². The first-order valence-electron chi connectivity index (χ1n) is 6.54. The number of nitrogens with zero attached hydrogens (tertiary/aromatic N) is 3. The van der Waals surface area contributed by atoms with E-state index in [0.717, 1.165) is 24.4 Å². The van der Waals surface area contributed by atoms with Gasteiger partial charge in [-0.15, -0.1) is 16.9 Å². The molecule has 4 nitrogen and oxygen atoms in total. The van der Waals surface area contributed by atoms with Crippen LogP contribution >= 0.6 is 11.8 Å². The molecule has 19 heavy (non-hydrogen) atoms. The van der Waals surface area contributed by atoms with Gasteiger partial charge in [0.05, 0.1) is 17.9 Å². The number of thioether (sulfide) groups is 1. The van der Waals surface area contributed by atoms with E-state index in [-0.39, 0.29) is 6.04 Å². The highest BCUT2D eigenvalue weighted by Crippen LogP contribution is 2.23. The van der Waals surface area contributed by atoms with Gasteiger partial charge < -0.3 is 5.73 Å². The summed E-state index contributed by atoms with van der Waals surface area (Å²) in [6.07, 6.45) is 2.81. The third kappa shape index (κ3) is 3.81. The molecule has 5 heteroatoms. The maximum Gasteiger partial charge on any atom is 0.0762 e. The largest absolute Gasteiger partial charge is 0.322 e. The van der Waals surface area contributed by atoms with Crippen molar-refractivity contribution in [2.45, 2.75) is 37.8 Å². The summed E-state index contributed by atoms with van der Waals surface area (Å²) in [6.45, 7) is 5.09. The van der Waals surface area contributed by atoms with Gasteiger partial charge in [0.1, 0.15) is 0 Å². The van der Waals surface area contributed by atoms with Gasteiger partial charge in [-0.25, -0.2) is 4.68 Å². The number of hydrogen-bond donors (Lipinski definition) is 1. The molecule has 0 fully saturated rings. The Kier molecular flexibility index (Phi) is 4.99. The Balaban J connectivity index is 1.95. The molecule has 0 saturated heterocycles. The summed E-state index contributed by atoms with van der Waals surface area (Å²) in [5.74, 6) is 0.833. The lowest BCUT2D eigenvalue weighted by Crippen LogP contribution is -2.18. The number of benzene rings is 1. The first kappa shape index (κ1) is 14.1.